The summed E-state index contributed by atoms with van der Waals surface area (Å²) < 4.78 is 34.3. The van der Waals surface area contributed by atoms with Gasteiger partial charge in [0, 0.05) is 17.5 Å². The van der Waals surface area contributed by atoms with Crippen LogP contribution in [0.3, 0.4) is 0 Å². The van der Waals surface area contributed by atoms with E-state index in [2.05, 4.69) is 19.7 Å². The van der Waals surface area contributed by atoms with Crippen LogP contribution in [0.4, 0.5) is 5.82 Å². The van der Waals surface area contributed by atoms with E-state index in [1.54, 1.807) is 25.1 Å². The van der Waals surface area contributed by atoms with Crippen LogP contribution in [0.1, 0.15) is 18.7 Å². The summed E-state index contributed by atoms with van der Waals surface area (Å²) in [6.45, 7) is 0.666. The Morgan fingerprint density at radius 1 is 1.28 bits per heavy atom. The fourth-order valence-electron chi connectivity index (χ4n) is 2.88. The summed E-state index contributed by atoms with van der Waals surface area (Å²) in [4.78, 5) is 12.1. The van der Waals surface area contributed by atoms with Crippen molar-refractivity contribution in [1.29, 1.82) is 0 Å². The molecule has 3 rings (SSSR count). The minimum atomic E-state index is -3.93. The van der Waals surface area contributed by atoms with Crippen molar-refractivity contribution in [2.75, 3.05) is 18.9 Å². The number of hydrogen-bond acceptors (Lipinski definition) is 10. The number of aromatic nitrogens is 4. The number of anilines is 1. The van der Waals surface area contributed by atoms with Crippen molar-refractivity contribution in [3.63, 3.8) is 0 Å². The number of imidazole rings is 1. The molecule has 3 aromatic rings. The lowest BCUT2D eigenvalue weighted by atomic mass is 10.2. The van der Waals surface area contributed by atoms with Gasteiger partial charge in [0.15, 0.2) is 11.5 Å². The van der Waals surface area contributed by atoms with E-state index in [1.807, 2.05) is 0 Å². The Balaban J connectivity index is 1.71. The molecule has 0 radical (unpaired) electrons. The molecule has 32 heavy (non-hydrogen) atoms. The van der Waals surface area contributed by atoms with Crippen molar-refractivity contribution in [3.8, 4) is 5.75 Å². The molecule has 0 aliphatic heterocycles. The summed E-state index contributed by atoms with van der Waals surface area (Å²) in [6.07, 6.45) is 0.745. The number of ether oxygens (including phenoxy) is 1. The lowest BCUT2D eigenvalue weighted by Crippen LogP contribution is -2.42. The van der Waals surface area contributed by atoms with Crippen LogP contribution in [0.15, 0.2) is 42.3 Å². The molecule has 2 unspecified atom stereocenters. The van der Waals surface area contributed by atoms with E-state index in [-0.39, 0.29) is 18.1 Å². The molecule has 0 aliphatic carbocycles. The summed E-state index contributed by atoms with van der Waals surface area (Å²) >= 11 is 0. The Bertz CT molecular complexity index is 1200. The lowest BCUT2D eigenvalue weighted by molar-refractivity contribution is -0.105. The van der Waals surface area contributed by atoms with Gasteiger partial charge in [-0.1, -0.05) is 18.2 Å². The second kappa shape index (κ2) is 10.0. The van der Waals surface area contributed by atoms with Crippen molar-refractivity contribution in [2.24, 2.45) is 0 Å². The predicted molar refractivity (Wildman–Crippen MR) is 116 cm³/mol. The molecule has 13 heteroatoms. The normalized spacial score (nSPS) is 15.2. The summed E-state index contributed by atoms with van der Waals surface area (Å²) in [6, 6.07) is 6.25. The van der Waals surface area contributed by atoms with E-state index >= 15 is 0 Å². The number of para-hydroxylation sites is 1. The van der Waals surface area contributed by atoms with Crippen LogP contribution < -0.4 is 10.5 Å². The van der Waals surface area contributed by atoms with Crippen LogP contribution in [0, 0.1) is 0 Å². The fourth-order valence-corrected chi connectivity index (χ4v) is 3.70. The molecule has 0 amide bonds. The summed E-state index contributed by atoms with van der Waals surface area (Å²) in [7, 11) is -3.93. The number of nitrogens with one attached hydrogen (secondary N) is 1. The minimum absolute atomic E-state index is 0.0679. The number of rotatable bonds is 10. The van der Waals surface area contributed by atoms with Gasteiger partial charge in [0.2, 0.25) is 10.0 Å². The van der Waals surface area contributed by atoms with Gasteiger partial charge < -0.3 is 25.8 Å². The maximum Gasteiger partial charge on any atom is 0.233 e. The van der Waals surface area contributed by atoms with Crippen molar-refractivity contribution < 1.29 is 28.5 Å². The van der Waals surface area contributed by atoms with Gasteiger partial charge in [-0.2, -0.15) is 0 Å². The molecule has 2 heterocycles. The van der Waals surface area contributed by atoms with Crippen LogP contribution in [-0.4, -0.2) is 68.6 Å². The molecule has 0 bridgehead atoms. The van der Waals surface area contributed by atoms with E-state index in [9.17, 15) is 23.7 Å². The number of sulfonamides is 1. The Kier molecular flexibility index (Phi) is 7.37. The Morgan fingerprint density at radius 2 is 2.03 bits per heavy atom. The highest BCUT2D eigenvalue weighted by atomic mass is 32.2. The first-order valence-corrected chi connectivity index (χ1v) is 11.1. The van der Waals surface area contributed by atoms with E-state index in [0.29, 0.717) is 16.7 Å². The maximum atomic E-state index is 12.3. The molecule has 3 atom stereocenters. The van der Waals surface area contributed by atoms with Crippen LogP contribution in [0.5, 0.6) is 5.75 Å². The second-order valence-corrected chi connectivity index (χ2v) is 8.51. The van der Waals surface area contributed by atoms with Crippen molar-refractivity contribution in [2.45, 2.75) is 25.4 Å². The van der Waals surface area contributed by atoms with Crippen molar-refractivity contribution in [3.05, 3.63) is 47.9 Å². The number of nitrogen functional groups attached to an aromatic ring is 1. The molecule has 0 spiro atoms. The van der Waals surface area contributed by atoms with Crippen LogP contribution in [0.2, 0.25) is 0 Å². The molecular weight excluding hydrogens is 440 g/mol. The monoisotopic (exact) mass is 464 g/mol. The van der Waals surface area contributed by atoms with Gasteiger partial charge >= 0.3 is 0 Å². The number of aliphatic hydroxyl groups is 2. The Hall–Kier alpha value is -3.10. The van der Waals surface area contributed by atoms with E-state index in [0.717, 1.165) is 5.41 Å². The molecular formula is C19H24N6O6S. The number of benzene rings is 1. The van der Waals surface area contributed by atoms with E-state index < -0.39 is 35.1 Å². The third kappa shape index (κ3) is 5.57. The first-order valence-electron chi connectivity index (χ1n) is 9.55. The number of phenolic OH excluding ortho intramolecular Hbond substituents is 1. The van der Waals surface area contributed by atoms with Gasteiger partial charge in [-0.15, -0.1) is 0 Å². The zero-order valence-corrected chi connectivity index (χ0v) is 17.9. The van der Waals surface area contributed by atoms with Crippen molar-refractivity contribution >= 4 is 33.1 Å². The largest absolute Gasteiger partial charge is 0.507 e. The quantitative estimate of drug-likeness (QED) is 0.272. The zero-order valence-electron chi connectivity index (χ0n) is 17.1. The number of nitrogens with two attached hydrogens (primary N) is 1. The van der Waals surface area contributed by atoms with Gasteiger partial charge in [-0.3, -0.25) is 4.57 Å². The summed E-state index contributed by atoms with van der Waals surface area (Å²) in [5.41, 5.74) is 6.87. The van der Waals surface area contributed by atoms with Crippen molar-refractivity contribution in [1.82, 2.24) is 24.2 Å². The summed E-state index contributed by atoms with van der Waals surface area (Å²) in [5.74, 6) is 0.124. The van der Waals surface area contributed by atoms with Gasteiger partial charge in [0.25, 0.3) is 0 Å². The van der Waals surface area contributed by atoms with E-state index in [1.165, 1.54) is 29.4 Å². The van der Waals surface area contributed by atoms with Crippen LogP contribution >= 0.6 is 0 Å². The average molecular weight is 465 g/mol. The van der Waals surface area contributed by atoms with Gasteiger partial charge in [0.1, 0.15) is 36.0 Å². The third-order valence-electron chi connectivity index (χ3n) is 4.62. The van der Waals surface area contributed by atoms with E-state index in [4.69, 9.17) is 10.5 Å². The smallest absolute Gasteiger partial charge is 0.233 e. The number of hydrogen-bond donors (Lipinski definition) is 5. The fraction of sp³-hybridized carbons (Fsp3) is 0.316. The standard InChI is InChI=1S/C19H24N6O6S/c1-12(25-11-23-17-18(20)21-10-22-19(17)25)31-16(15(28)9-26)8-24-32(29,30)7-6-13-4-2-3-5-14(13)27/h2-7,10-12,15-16,24,26-28H,8-9H2,1H3,(H2,20,21,22)/b7-6+/t12?,15?,16-/m1/s1. The average Bonchev–Trinajstić information content (AvgIpc) is 3.21. The molecule has 12 nitrogen and oxygen atoms in total. The maximum absolute atomic E-state index is 12.3. The SMILES string of the molecule is CC(O[C@H](CNS(=O)(=O)/C=C/c1ccccc1O)C(O)CO)n1cnc2c(N)ncnc21. The number of phenols is 1. The predicted octanol–water partition coefficient (Wildman–Crippen LogP) is -0.0387. The lowest BCUT2D eigenvalue weighted by Gasteiger charge is -2.26. The first-order chi connectivity index (χ1) is 15.2. The Labute approximate surface area is 184 Å². The highest BCUT2D eigenvalue weighted by molar-refractivity contribution is 7.92. The number of aliphatic hydroxyl groups excluding tert-OH is 2. The molecule has 6 N–H and O–H groups in total. The molecule has 0 saturated heterocycles. The molecule has 0 saturated carbocycles. The summed E-state index contributed by atoms with van der Waals surface area (Å²) in [5, 5.41) is 30.1. The zero-order chi connectivity index (χ0) is 23.3. The number of aromatic hydroxyl groups is 1. The molecule has 0 fully saturated rings. The third-order valence-corrected chi connectivity index (χ3v) is 5.68. The minimum Gasteiger partial charge on any atom is -0.507 e. The molecule has 0 aliphatic rings. The molecule has 172 valence electrons. The van der Waals surface area contributed by atoms with Crippen LogP contribution in [-0.2, 0) is 14.8 Å². The topological polar surface area (TPSA) is 186 Å². The number of fused-ring (bicyclic) bond motifs is 1. The van der Waals surface area contributed by atoms with Gasteiger partial charge in [0.05, 0.1) is 12.9 Å². The first kappa shape index (κ1) is 23.6. The highest BCUT2D eigenvalue weighted by Crippen LogP contribution is 2.21. The van der Waals surface area contributed by atoms with Gasteiger partial charge in [-0.25, -0.2) is 28.1 Å². The second-order valence-electron chi connectivity index (χ2n) is 6.86. The molecule has 1 aromatic carbocycles. The van der Waals surface area contributed by atoms with Gasteiger partial charge in [-0.05, 0) is 19.1 Å². The van der Waals surface area contributed by atoms with Crippen LogP contribution in [0.25, 0.3) is 17.2 Å². The molecule has 2 aromatic heterocycles. The highest BCUT2D eigenvalue weighted by Gasteiger charge is 2.25. The Morgan fingerprint density at radius 3 is 2.75 bits per heavy atom. The number of nitrogens with zero attached hydrogens (tertiary/aromatic N) is 4.